The highest BCUT2D eigenvalue weighted by Crippen LogP contribution is 2.45. The highest BCUT2D eigenvalue weighted by molar-refractivity contribution is 7.14. The number of thiazole rings is 5. The number of fused-ring (bicyclic) bond motifs is 16. The number of esters is 2. The van der Waals surface area contributed by atoms with Crippen molar-refractivity contribution in [2.24, 2.45) is 5.73 Å². The van der Waals surface area contributed by atoms with Crippen LogP contribution in [-0.2, 0) is 56.0 Å². The van der Waals surface area contributed by atoms with E-state index in [2.05, 4.69) is 46.1 Å². The zero-order chi connectivity index (χ0) is 65.5. The van der Waals surface area contributed by atoms with Crippen molar-refractivity contribution in [1.82, 2.24) is 61.1 Å². The minimum Gasteiger partial charge on any atom is -0.506 e. The van der Waals surface area contributed by atoms with Gasteiger partial charge in [-0.1, -0.05) is 12.1 Å². The number of primary amides is 1. The van der Waals surface area contributed by atoms with E-state index in [1.165, 1.54) is 48.5 Å². The van der Waals surface area contributed by atoms with E-state index in [9.17, 15) is 34.2 Å². The van der Waals surface area contributed by atoms with Crippen LogP contribution < -0.4 is 27.0 Å². The zero-order valence-electron chi connectivity index (χ0n) is 50.2. The number of rotatable bonds is 6. The summed E-state index contributed by atoms with van der Waals surface area (Å²) in [6.07, 6.45) is -6.76. The summed E-state index contributed by atoms with van der Waals surface area (Å²) in [5, 5.41) is 42.0. The number of carbonyl (C=O) groups excluding carboxylic acids is 7. The largest absolute Gasteiger partial charge is 0.506 e. The Morgan fingerprint density at radius 3 is 2.27 bits per heavy atom. The van der Waals surface area contributed by atoms with Crippen molar-refractivity contribution in [2.45, 2.75) is 121 Å². The molecule has 2 unspecified atom stereocenters. The van der Waals surface area contributed by atoms with Crippen molar-refractivity contribution in [1.29, 1.82) is 0 Å². The molecule has 13 rings (SSSR count). The minimum absolute atomic E-state index is 0.0213. The number of aromatic nitrogens is 7. The Morgan fingerprint density at radius 2 is 1.52 bits per heavy atom. The number of nitrogens with two attached hydrogens (primary N) is 1. The summed E-state index contributed by atoms with van der Waals surface area (Å²) in [7, 11) is 3.26. The lowest BCUT2D eigenvalue weighted by atomic mass is 9.86. The summed E-state index contributed by atoms with van der Waals surface area (Å²) in [5.74, 6) is -6.47. The number of allylic oxidation sites excluding steroid dienone is 1. The van der Waals surface area contributed by atoms with Crippen molar-refractivity contribution in [3.05, 3.63) is 112 Å². The minimum atomic E-state index is -1.77. The van der Waals surface area contributed by atoms with Gasteiger partial charge >= 0.3 is 11.9 Å². The van der Waals surface area contributed by atoms with E-state index in [1.807, 2.05) is 27.8 Å². The number of amides is 5. The Labute approximate surface area is 547 Å². The number of cyclic esters (lactones) is 2. The number of methoxy groups -OCH3 is 1. The predicted molar refractivity (Wildman–Crippen MR) is 334 cm³/mol. The van der Waals surface area contributed by atoms with Crippen LogP contribution in [0.25, 0.3) is 49.3 Å². The Hall–Kier alpha value is -8.55. The number of carbonyl (C=O) groups is 7. The van der Waals surface area contributed by atoms with Crippen LogP contribution in [0, 0.1) is 0 Å². The van der Waals surface area contributed by atoms with E-state index in [0.29, 0.717) is 16.5 Å². The van der Waals surface area contributed by atoms with E-state index in [-0.39, 0.29) is 118 Å². The molecule has 0 saturated carbocycles. The van der Waals surface area contributed by atoms with Crippen LogP contribution in [0.2, 0.25) is 0 Å². The molecular weight excluding hydrogens is 1310 g/mol. The molecule has 2 fully saturated rings. The predicted octanol–water partition coefficient (Wildman–Crippen LogP) is 5.31. The van der Waals surface area contributed by atoms with Gasteiger partial charge < -0.3 is 75.4 Å². The van der Waals surface area contributed by atoms with Gasteiger partial charge in [-0.25, -0.2) is 39.5 Å². The van der Waals surface area contributed by atoms with E-state index >= 15 is 9.59 Å². The lowest BCUT2D eigenvalue weighted by Crippen LogP contribution is -2.58. The Bertz CT molecular complexity index is 4380. The second-order valence-electron chi connectivity index (χ2n) is 22.6. The van der Waals surface area contributed by atoms with Crippen molar-refractivity contribution in [3.8, 4) is 38.4 Å². The molecule has 93 heavy (non-hydrogen) atoms. The van der Waals surface area contributed by atoms with Crippen molar-refractivity contribution < 1.29 is 76.9 Å². The molecule has 9 N–H and O–H groups in total. The molecule has 8 aromatic rings. The van der Waals surface area contributed by atoms with Crippen LogP contribution in [-0.4, -0.2) is 167 Å². The average molecular weight is 1360 g/mol. The van der Waals surface area contributed by atoms with E-state index in [4.69, 9.17) is 53.8 Å². The molecule has 2 saturated heterocycles. The summed E-state index contributed by atoms with van der Waals surface area (Å²) in [5.41, 5.74) is 5.31. The molecule has 34 heteroatoms. The van der Waals surface area contributed by atoms with Gasteiger partial charge in [0.2, 0.25) is 5.91 Å². The number of aromatic hydroxyl groups is 1. The first-order valence-electron chi connectivity index (χ1n) is 28.8. The summed E-state index contributed by atoms with van der Waals surface area (Å²) in [4.78, 5) is 134. The number of ether oxygens (including phenoxy) is 7. The number of aromatic amines is 1. The van der Waals surface area contributed by atoms with Crippen LogP contribution in [0.5, 0.6) is 5.75 Å². The number of H-pyrrole nitrogens is 1. The number of hydrogen-bond acceptors (Lipinski definition) is 28. The normalized spacial score (nSPS) is 26.3. The fraction of sp³-hybridized carbons (Fsp3) is 0.373. The molecule has 0 aliphatic carbocycles. The third-order valence-electron chi connectivity index (χ3n) is 16.5. The van der Waals surface area contributed by atoms with E-state index < -0.39 is 115 Å². The lowest BCUT2D eigenvalue weighted by molar-refractivity contribution is -0.269. The van der Waals surface area contributed by atoms with Crippen molar-refractivity contribution in [3.63, 3.8) is 0 Å². The molecule has 5 aliphatic heterocycles. The molecule has 29 nitrogen and oxygen atoms in total. The molecule has 11 atom stereocenters. The molecule has 7 aromatic heterocycles. The molecule has 0 spiro atoms. The molecule has 1 aromatic carbocycles. The van der Waals surface area contributed by atoms with Crippen LogP contribution in [0.1, 0.15) is 132 Å². The first kappa shape index (κ1) is 63.2. The topological polar surface area (TPSA) is 395 Å². The highest BCUT2D eigenvalue weighted by Gasteiger charge is 2.56. The van der Waals surface area contributed by atoms with Gasteiger partial charge in [-0.3, -0.25) is 28.9 Å². The van der Waals surface area contributed by atoms with E-state index in [1.54, 1.807) is 23.6 Å². The van der Waals surface area contributed by atoms with Crippen molar-refractivity contribution >= 4 is 115 Å². The first-order chi connectivity index (χ1) is 44.5. The standard InChI is InChI=1S/C59H57N13O16S5/c1-21(73)38-51(79)70-39(22(2)82-7)54-66-34(20-92-54)50(78)71-43-44-45(87-36-12-59(5)46(23(3)86-36)72(6)24(4)88-59)58(81)84-13-25-9-8-10-28-37(25)27(14-83-44)41(61-28)57(80)85-15-29(62-48(76)32-19-93-56(43)67-32)53-63-30(16-90-53)40-26(52-65-33(18-89-52)49(77)69-38)11-35(74)42(68-40)55-64-31(17-91-55)47(60)75/h8-11,16-21,23-24,29,36,38,43-46,61,73-74H,12-15H2,1-7H3,(H2,60,75)(H,62,76)(H,69,77)(H,70,79)(H,71,78)/t21-,23+,24?,29+,36+,38+,43+,44?,45+,46-,59+/m1/s1. The number of pyridine rings is 1. The smallest absolute Gasteiger partial charge is 0.355 e. The third-order valence-corrected chi connectivity index (χ3v) is 21.0. The number of aliphatic hydroxyl groups is 1. The van der Waals surface area contributed by atoms with Gasteiger partial charge in [-0.2, -0.15) is 0 Å². The molecular formula is C59H57N13O16S5. The Balaban J connectivity index is 0.985. The number of likely N-dealkylation sites (N-methyl/N-ethyl adjacent to an activating group) is 1. The molecule has 5 aliphatic rings. The van der Waals surface area contributed by atoms with Crippen molar-refractivity contribution in [2.75, 3.05) is 20.8 Å². The molecule has 484 valence electrons. The van der Waals surface area contributed by atoms with Crippen LogP contribution in [0.3, 0.4) is 0 Å². The van der Waals surface area contributed by atoms with E-state index in [0.717, 1.165) is 56.7 Å². The maximum atomic E-state index is 15.2. The first-order valence-corrected chi connectivity index (χ1v) is 33.2. The third kappa shape index (κ3) is 11.9. The average Bonchev–Trinajstić information content (AvgIpc) is 1.66. The van der Waals surface area contributed by atoms with Gasteiger partial charge in [0.1, 0.15) is 131 Å². The van der Waals surface area contributed by atoms with Crippen LogP contribution >= 0.6 is 56.7 Å². The molecule has 12 heterocycles. The summed E-state index contributed by atoms with van der Waals surface area (Å²) in [6, 6.07) is 1.85. The number of nitrogens with zero attached hydrogens (tertiary/aromatic N) is 7. The SMILES string of the molecule is COC(C)=C1NC(=O)[C@H]([C@@H](C)O)NC(=O)c2csc(n2)-c2cc(O)c(-c3nc(C(N)=O)cs3)nc2-c2csc(n2)[C@@H]2COC(=O)c3[nH]c4cccc5c4c3COC([C@H](O[C@H]3C[C@]4(C)OC(C)N(C)[C@@H]4[C@H](C)O3)C(=O)OC5)[C@H](NC(=O)c3csc1n3)c1nc(cs1)C(=O)N2. The van der Waals surface area contributed by atoms with Gasteiger partial charge in [0.15, 0.2) is 12.4 Å². The quantitative estimate of drug-likeness (QED) is 0.0772. The second-order valence-corrected chi connectivity index (χ2v) is 27.0. The van der Waals surface area contributed by atoms with Crippen LogP contribution in [0.4, 0.5) is 0 Å². The number of benzene rings is 1. The Morgan fingerprint density at radius 1 is 0.828 bits per heavy atom. The molecule has 0 radical (unpaired) electrons. The van der Waals surface area contributed by atoms with Gasteiger partial charge in [0, 0.05) is 55.4 Å². The molecule has 5 amide bonds. The zero-order valence-corrected chi connectivity index (χ0v) is 54.2. The summed E-state index contributed by atoms with van der Waals surface area (Å²) in [6.45, 7) is 7.22. The maximum Gasteiger partial charge on any atom is 0.355 e. The number of hydrogen-bond donors (Lipinski definition) is 8. The monoisotopic (exact) mass is 1360 g/mol. The second kappa shape index (κ2) is 25.1. The van der Waals surface area contributed by atoms with Gasteiger partial charge in [-0.15, -0.1) is 56.7 Å². The number of nitrogens with one attached hydrogen (secondary N) is 5. The number of aliphatic hydroxyl groups excluding tert-OH is 1. The van der Waals surface area contributed by atoms with Gasteiger partial charge in [-0.05, 0) is 59.4 Å². The maximum absolute atomic E-state index is 15.2. The fourth-order valence-electron chi connectivity index (χ4n) is 12.0. The van der Waals surface area contributed by atoms with Gasteiger partial charge in [0.05, 0.1) is 37.6 Å². The Kier molecular flexibility index (Phi) is 17.0. The summed E-state index contributed by atoms with van der Waals surface area (Å²) < 4.78 is 44.8. The van der Waals surface area contributed by atoms with Crippen LogP contribution in [0.15, 0.2) is 56.9 Å². The lowest BCUT2D eigenvalue weighted by Gasteiger charge is -2.45. The fourth-order valence-corrected chi connectivity index (χ4v) is 16.1. The highest BCUT2D eigenvalue weighted by atomic mass is 32.1. The summed E-state index contributed by atoms with van der Waals surface area (Å²) >= 11 is 4.82. The molecule has 12 bridgehead atoms. The van der Waals surface area contributed by atoms with Gasteiger partial charge in [0.25, 0.3) is 23.6 Å².